The van der Waals surface area contributed by atoms with Crippen LogP contribution in [-0.2, 0) is 4.79 Å². The van der Waals surface area contributed by atoms with Crippen LogP contribution in [0, 0.1) is 11.8 Å². The summed E-state index contributed by atoms with van der Waals surface area (Å²) in [6, 6.07) is 0. The van der Waals surface area contributed by atoms with Gasteiger partial charge in [0, 0.05) is 0 Å². The van der Waals surface area contributed by atoms with E-state index in [4.69, 9.17) is 5.11 Å². The lowest BCUT2D eigenvalue weighted by Crippen LogP contribution is -2.37. The average molecular weight is 199 g/mol. The van der Waals surface area contributed by atoms with Crippen molar-refractivity contribution in [3.8, 4) is 0 Å². The third-order valence-electron chi connectivity index (χ3n) is 2.87. The molecule has 0 aromatic rings. The molecule has 3 nitrogen and oxygen atoms in total. The maximum absolute atomic E-state index is 10.5. The summed E-state index contributed by atoms with van der Waals surface area (Å²) in [4.78, 5) is 12.5. The Kier molecular flexibility index (Phi) is 4.39. The van der Waals surface area contributed by atoms with Crippen molar-refractivity contribution < 1.29 is 9.90 Å². The standard InChI is InChI=1S/C11H21NO2/c1-9(2)7-10-3-5-12(6-4-10)8-11(13)14/h9-10H,3-8H2,1-2H3,(H,13,14). The first-order chi connectivity index (χ1) is 6.58. The van der Waals surface area contributed by atoms with Crippen LogP contribution in [0.5, 0.6) is 0 Å². The molecule has 1 aliphatic rings. The summed E-state index contributed by atoms with van der Waals surface area (Å²) >= 11 is 0. The van der Waals surface area contributed by atoms with Crippen molar-refractivity contribution in [2.45, 2.75) is 33.1 Å². The molecule has 0 aliphatic carbocycles. The fourth-order valence-corrected chi connectivity index (χ4v) is 2.24. The maximum atomic E-state index is 10.5. The van der Waals surface area contributed by atoms with Crippen molar-refractivity contribution in [3.63, 3.8) is 0 Å². The number of carboxylic acid groups (broad SMARTS) is 1. The van der Waals surface area contributed by atoms with Crippen molar-refractivity contribution in [2.75, 3.05) is 19.6 Å². The summed E-state index contributed by atoms with van der Waals surface area (Å²) in [5, 5.41) is 8.64. The van der Waals surface area contributed by atoms with Crippen molar-refractivity contribution in [1.29, 1.82) is 0 Å². The van der Waals surface area contributed by atoms with E-state index in [9.17, 15) is 4.79 Å². The maximum Gasteiger partial charge on any atom is 0.317 e. The Morgan fingerprint density at radius 3 is 2.43 bits per heavy atom. The van der Waals surface area contributed by atoms with Crippen LogP contribution >= 0.6 is 0 Å². The van der Waals surface area contributed by atoms with Crippen molar-refractivity contribution in [3.05, 3.63) is 0 Å². The van der Waals surface area contributed by atoms with E-state index >= 15 is 0 Å². The molecule has 0 spiro atoms. The van der Waals surface area contributed by atoms with Crippen LogP contribution in [-0.4, -0.2) is 35.6 Å². The predicted molar refractivity (Wildman–Crippen MR) is 56.3 cm³/mol. The van der Waals surface area contributed by atoms with Gasteiger partial charge in [0.1, 0.15) is 0 Å². The molecule has 3 heteroatoms. The zero-order chi connectivity index (χ0) is 10.6. The summed E-state index contributed by atoms with van der Waals surface area (Å²) in [5.41, 5.74) is 0. The van der Waals surface area contributed by atoms with Gasteiger partial charge in [0.15, 0.2) is 0 Å². The number of carboxylic acids is 1. The molecule has 0 aromatic heterocycles. The minimum atomic E-state index is -0.702. The van der Waals surface area contributed by atoms with Crippen molar-refractivity contribution in [2.24, 2.45) is 11.8 Å². The van der Waals surface area contributed by atoms with E-state index in [0.717, 1.165) is 24.9 Å². The van der Waals surface area contributed by atoms with Crippen molar-refractivity contribution in [1.82, 2.24) is 4.90 Å². The minimum absolute atomic E-state index is 0.217. The molecule has 0 saturated carbocycles. The van der Waals surface area contributed by atoms with E-state index in [1.807, 2.05) is 4.90 Å². The Bertz CT molecular complexity index is 184. The highest BCUT2D eigenvalue weighted by molar-refractivity contribution is 5.69. The molecule has 82 valence electrons. The van der Waals surface area contributed by atoms with Gasteiger partial charge in [-0.05, 0) is 44.2 Å². The zero-order valence-corrected chi connectivity index (χ0v) is 9.20. The molecular weight excluding hydrogens is 178 g/mol. The Morgan fingerprint density at radius 2 is 2.00 bits per heavy atom. The van der Waals surface area contributed by atoms with E-state index in [1.165, 1.54) is 19.3 Å². The lowest BCUT2D eigenvalue weighted by atomic mass is 9.89. The van der Waals surface area contributed by atoms with Gasteiger partial charge in [0.05, 0.1) is 6.54 Å². The topological polar surface area (TPSA) is 40.5 Å². The molecule has 0 atom stereocenters. The number of nitrogens with zero attached hydrogens (tertiary/aromatic N) is 1. The number of likely N-dealkylation sites (tertiary alicyclic amines) is 1. The van der Waals surface area contributed by atoms with Gasteiger partial charge >= 0.3 is 5.97 Å². The van der Waals surface area contributed by atoms with E-state index in [0.29, 0.717) is 0 Å². The quantitative estimate of drug-likeness (QED) is 0.751. The number of hydrogen-bond acceptors (Lipinski definition) is 2. The second kappa shape index (κ2) is 5.35. The Morgan fingerprint density at radius 1 is 1.43 bits per heavy atom. The SMILES string of the molecule is CC(C)CC1CCN(CC(=O)O)CC1. The van der Waals surface area contributed by atoms with Gasteiger partial charge in [-0.15, -0.1) is 0 Å². The van der Waals surface area contributed by atoms with Gasteiger partial charge in [-0.3, -0.25) is 9.69 Å². The van der Waals surface area contributed by atoms with Gasteiger partial charge in [-0.2, -0.15) is 0 Å². The molecule has 14 heavy (non-hydrogen) atoms. The normalized spacial score (nSPS) is 20.2. The summed E-state index contributed by atoms with van der Waals surface area (Å²) in [7, 11) is 0. The minimum Gasteiger partial charge on any atom is -0.480 e. The van der Waals surface area contributed by atoms with Crippen LogP contribution in [0.25, 0.3) is 0 Å². The number of hydrogen-bond donors (Lipinski definition) is 1. The molecule has 0 bridgehead atoms. The third kappa shape index (κ3) is 4.09. The summed E-state index contributed by atoms with van der Waals surface area (Å²) in [5.74, 6) is 0.887. The van der Waals surface area contributed by atoms with Crippen LogP contribution < -0.4 is 0 Å². The fraction of sp³-hybridized carbons (Fsp3) is 0.909. The van der Waals surface area contributed by atoms with Gasteiger partial charge in [-0.25, -0.2) is 0 Å². The van der Waals surface area contributed by atoms with E-state index in [-0.39, 0.29) is 6.54 Å². The molecule has 1 aliphatic heterocycles. The molecule has 1 fully saturated rings. The highest BCUT2D eigenvalue weighted by Crippen LogP contribution is 2.23. The molecule has 0 unspecified atom stereocenters. The molecule has 0 aromatic carbocycles. The number of aliphatic carboxylic acids is 1. The van der Waals surface area contributed by atoms with Crippen LogP contribution in [0.1, 0.15) is 33.1 Å². The van der Waals surface area contributed by atoms with E-state index in [1.54, 1.807) is 0 Å². The average Bonchev–Trinajstić information content (AvgIpc) is 2.06. The van der Waals surface area contributed by atoms with Gasteiger partial charge < -0.3 is 5.11 Å². The second-order valence-corrected chi connectivity index (χ2v) is 4.74. The lowest BCUT2D eigenvalue weighted by Gasteiger charge is -2.31. The number of rotatable bonds is 4. The van der Waals surface area contributed by atoms with Gasteiger partial charge in [-0.1, -0.05) is 13.8 Å². The van der Waals surface area contributed by atoms with E-state index < -0.39 is 5.97 Å². The first-order valence-corrected chi connectivity index (χ1v) is 5.52. The third-order valence-corrected chi connectivity index (χ3v) is 2.87. The largest absolute Gasteiger partial charge is 0.480 e. The zero-order valence-electron chi connectivity index (χ0n) is 9.20. The second-order valence-electron chi connectivity index (χ2n) is 4.74. The Hall–Kier alpha value is -0.570. The van der Waals surface area contributed by atoms with Crippen molar-refractivity contribution >= 4 is 5.97 Å². The first kappa shape index (κ1) is 11.5. The fourth-order valence-electron chi connectivity index (χ4n) is 2.24. The molecule has 0 amide bonds. The monoisotopic (exact) mass is 199 g/mol. The summed E-state index contributed by atoms with van der Waals surface area (Å²) in [6.45, 7) is 6.65. The first-order valence-electron chi connectivity index (χ1n) is 5.52. The Labute approximate surface area is 86.1 Å². The van der Waals surface area contributed by atoms with E-state index in [2.05, 4.69) is 13.8 Å². The summed E-state index contributed by atoms with van der Waals surface area (Å²) < 4.78 is 0. The predicted octanol–water partition coefficient (Wildman–Crippen LogP) is 1.83. The number of carbonyl (C=O) groups is 1. The van der Waals surface area contributed by atoms with Crippen LogP contribution in [0.4, 0.5) is 0 Å². The van der Waals surface area contributed by atoms with Crippen LogP contribution in [0.15, 0.2) is 0 Å². The number of piperidine rings is 1. The van der Waals surface area contributed by atoms with Crippen LogP contribution in [0.2, 0.25) is 0 Å². The molecule has 0 radical (unpaired) electrons. The summed E-state index contributed by atoms with van der Waals surface area (Å²) in [6.07, 6.45) is 3.64. The molecule has 1 rings (SSSR count). The Balaban J connectivity index is 2.21. The van der Waals surface area contributed by atoms with Crippen LogP contribution in [0.3, 0.4) is 0 Å². The van der Waals surface area contributed by atoms with Gasteiger partial charge in [0.25, 0.3) is 0 Å². The van der Waals surface area contributed by atoms with Gasteiger partial charge in [0.2, 0.25) is 0 Å². The lowest BCUT2D eigenvalue weighted by molar-refractivity contribution is -0.138. The highest BCUT2D eigenvalue weighted by Gasteiger charge is 2.20. The molecule has 1 heterocycles. The smallest absolute Gasteiger partial charge is 0.317 e. The molecule has 1 saturated heterocycles. The molecule has 1 N–H and O–H groups in total. The highest BCUT2D eigenvalue weighted by atomic mass is 16.4. The molecular formula is C11H21NO2.